The fourth-order valence-corrected chi connectivity index (χ4v) is 5.77. The number of aliphatic hydroxyl groups is 1. The van der Waals surface area contributed by atoms with Gasteiger partial charge in [0, 0.05) is 12.1 Å². The van der Waals surface area contributed by atoms with Crippen molar-refractivity contribution in [2.75, 3.05) is 17.3 Å². The van der Waals surface area contributed by atoms with E-state index in [-0.39, 0.29) is 17.8 Å². The number of benzene rings is 1. The summed E-state index contributed by atoms with van der Waals surface area (Å²) < 4.78 is 7.44. The van der Waals surface area contributed by atoms with Crippen LogP contribution >= 0.6 is 0 Å². The molecule has 0 saturated heterocycles. The predicted octanol–water partition coefficient (Wildman–Crippen LogP) is 4.07. The van der Waals surface area contributed by atoms with Crippen molar-refractivity contribution in [3.05, 3.63) is 47.7 Å². The molecule has 2 aliphatic carbocycles. The average Bonchev–Trinajstić information content (AvgIpc) is 3.37. The molecule has 0 amide bonds. The number of aliphatic hydroxyl groups excluding tert-OH is 1. The van der Waals surface area contributed by atoms with Crippen molar-refractivity contribution in [2.45, 2.75) is 76.2 Å². The first-order valence-electron chi connectivity index (χ1n) is 13.3. The third-order valence-corrected chi connectivity index (χ3v) is 7.78. The molecule has 1 unspecified atom stereocenters. The number of fused-ring (bicyclic) bond motifs is 3. The van der Waals surface area contributed by atoms with Crippen LogP contribution in [0.5, 0.6) is 5.75 Å². The van der Waals surface area contributed by atoms with Crippen molar-refractivity contribution in [3.8, 4) is 11.4 Å². The van der Waals surface area contributed by atoms with Gasteiger partial charge >= 0.3 is 5.97 Å². The number of hydrogen-bond acceptors (Lipinski definition) is 9. The van der Waals surface area contributed by atoms with E-state index in [1.165, 1.54) is 0 Å². The highest BCUT2D eigenvalue weighted by Crippen LogP contribution is 2.45. The second-order valence-corrected chi connectivity index (χ2v) is 10.3. The van der Waals surface area contributed by atoms with Crippen LogP contribution in [-0.4, -0.2) is 54.9 Å². The number of anilines is 3. The lowest BCUT2D eigenvalue weighted by Gasteiger charge is -2.42. The molecule has 3 aliphatic rings. The molecule has 3 heterocycles. The van der Waals surface area contributed by atoms with Gasteiger partial charge in [-0.05, 0) is 49.8 Å². The normalized spacial score (nSPS) is 19.7. The molecule has 1 aromatic carbocycles. The summed E-state index contributed by atoms with van der Waals surface area (Å²) >= 11 is 0. The van der Waals surface area contributed by atoms with Gasteiger partial charge < -0.3 is 25.2 Å². The first kappa shape index (κ1) is 24.6. The number of nitrogens with zero attached hydrogens (tertiary/aromatic N) is 5. The van der Waals surface area contributed by atoms with Crippen molar-refractivity contribution in [3.63, 3.8) is 0 Å². The molecule has 2 atom stereocenters. The molecule has 4 N–H and O–H groups in total. The molecule has 200 valence electrons. The minimum absolute atomic E-state index is 0.0795. The molecule has 11 nitrogen and oxygen atoms in total. The van der Waals surface area contributed by atoms with Gasteiger partial charge in [-0.3, -0.25) is 9.88 Å². The van der Waals surface area contributed by atoms with E-state index in [9.17, 15) is 15.0 Å². The highest BCUT2D eigenvalue weighted by atomic mass is 16.5. The van der Waals surface area contributed by atoms with E-state index in [2.05, 4.69) is 32.4 Å². The smallest absolute Gasteiger partial charge is 0.356 e. The van der Waals surface area contributed by atoms with Crippen LogP contribution in [0.2, 0.25) is 0 Å². The van der Waals surface area contributed by atoms with Crippen LogP contribution in [0.3, 0.4) is 0 Å². The van der Waals surface area contributed by atoms with Crippen molar-refractivity contribution in [1.82, 2.24) is 24.8 Å². The Hall–Kier alpha value is -3.70. The van der Waals surface area contributed by atoms with Crippen LogP contribution in [0, 0.1) is 0 Å². The van der Waals surface area contributed by atoms with Gasteiger partial charge in [0.05, 0.1) is 30.7 Å². The van der Waals surface area contributed by atoms with Crippen molar-refractivity contribution in [1.29, 1.82) is 0 Å². The van der Waals surface area contributed by atoms with Gasteiger partial charge in [-0.25, -0.2) is 14.8 Å². The van der Waals surface area contributed by atoms with E-state index < -0.39 is 12.2 Å². The van der Waals surface area contributed by atoms with Crippen LogP contribution in [0.25, 0.3) is 5.69 Å². The molecule has 38 heavy (non-hydrogen) atoms. The number of carbonyl (C=O) groups is 1. The van der Waals surface area contributed by atoms with Gasteiger partial charge in [-0.1, -0.05) is 25.8 Å². The summed E-state index contributed by atoms with van der Waals surface area (Å²) in [6.45, 7) is 2.07. The number of hydrogen-bond donors (Lipinski definition) is 4. The third kappa shape index (κ3) is 4.35. The molecule has 11 heteroatoms. The van der Waals surface area contributed by atoms with Gasteiger partial charge in [0.1, 0.15) is 24.0 Å². The highest BCUT2D eigenvalue weighted by Gasteiger charge is 2.40. The molecule has 0 bridgehead atoms. The molecular weight excluding hydrogens is 486 g/mol. The molecule has 0 spiro atoms. The largest absolute Gasteiger partial charge is 0.495 e. The van der Waals surface area contributed by atoms with E-state index in [4.69, 9.17) is 9.72 Å². The maximum Gasteiger partial charge on any atom is 0.356 e. The number of aromatic nitrogens is 4. The highest BCUT2D eigenvalue weighted by molar-refractivity contribution is 5.88. The minimum Gasteiger partial charge on any atom is -0.495 e. The van der Waals surface area contributed by atoms with Crippen molar-refractivity contribution >= 4 is 23.4 Å². The van der Waals surface area contributed by atoms with Gasteiger partial charge in [-0.2, -0.15) is 4.98 Å². The maximum atomic E-state index is 12.0. The molecular formula is C27H33N7O4. The fourth-order valence-electron chi connectivity index (χ4n) is 5.77. The Morgan fingerprint density at radius 2 is 2.00 bits per heavy atom. The monoisotopic (exact) mass is 519 g/mol. The zero-order valence-electron chi connectivity index (χ0n) is 21.6. The summed E-state index contributed by atoms with van der Waals surface area (Å²) in [5.41, 5.74) is 2.89. The lowest BCUT2D eigenvalue weighted by molar-refractivity contribution is 0.0688. The van der Waals surface area contributed by atoms with E-state index in [1.807, 2.05) is 22.8 Å². The second kappa shape index (κ2) is 9.88. The average molecular weight is 520 g/mol. The Bertz CT molecular complexity index is 1350. The first-order valence-corrected chi connectivity index (χ1v) is 13.3. The zero-order valence-corrected chi connectivity index (χ0v) is 21.6. The number of methoxy groups -OCH3 is 1. The Kier molecular flexibility index (Phi) is 6.40. The van der Waals surface area contributed by atoms with Crippen LogP contribution < -0.4 is 20.3 Å². The summed E-state index contributed by atoms with van der Waals surface area (Å²) in [4.78, 5) is 28.1. The van der Waals surface area contributed by atoms with Crippen LogP contribution in [0.15, 0.2) is 30.7 Å². The summed E-state index contributed by atoms with van der Waals surface area (Å²) in [7, 11) is 1.59. The van der Waals surface area contributed by atoms with Crippen LogP contribution in [0.4, 0.5) is 17.5 Å². The van der Waals surface area contributed by atoms with E-state index >= 15 is 0 Å². The molecule has 2 saturated carbocycles. The first-order chi connectivity index (χ1) is 18.5. The number of aromatic carboxylic acids is 1. The third-order valence-electron chi connectivity index (χ3n) is 7.78. The number of imidazole rings is 1. The van der Waals surface area contributed by atoms with Gasteiger partial charge in [0.15, 0.2) is 11.5 Å². The SMILES string of the molecule is CC[C@@H]1c2c(C(=O)O)ncn2-c2cnc(Nc3ccc(C(O)NC4CC4)cc3OC)nc2N1C1CCCC1. The lowest BCUT2D eigenvalue weighted by Crippen LogP contribution is -2.42. The number of ether oxygens (including phenoxy) is 1. The molecule has 6 rings (SSSR count). The number of nitrogens with one attached hydrogen (secondary N) is 2. The maximum absolute atomic E-state index is 12.0. The second-order valence-electron chi connectivity index (χ2n) is 10.3. The van der Waals surface area contributed by atoms with Gasteiger partial charge in [-0.15, -0.1) is 0 Å². The zero-order chi connectivity index (χ0) is 26.4. The Balaban J connectivity index is 1.37. The van der Waals surface area contributed by atoms with E-state index in [1.54, 1.807) is 19.6 Å². The Labute approximate surface area is 220 Å². The number of rotatable bonds is 9. The molecule has 3 aromatic rings. The van der Waals surface area contributed by atoms with Gasteiger partial charge in [0.25, 0.3) is 0 Å². The molecule has 2 fully saturated rings. The van der Waals surface area contributed by atoms with Gasteiger partial charge in [0.2, 0.25) is 5.95 Å². The van der Waals surface area contributed by atoms with E-state index in [0.29, 0.717) is 29.1 Å². The summed E-state index contributed by atoms with van der Waals surface area (Å²) in [6, 6.07) is 5.99. The van der Waals surface area contributed by atoms with E-state index in [0.717, 1.165) is 62.0 Å². The quantitative estimate of drug-likeness (QED) is 0.306. The molecule has 2 aromatic heterocycles. The summed E-state index contributed by atoms with van der Waals surface area (Å²) in [5, 5.41) is 26.8. The predicted molar refractivity (Wildman–Crippen MR) is 141 cm³/mol. The lowest BCUT2D eigenvalue weighted by atomic mass is 10.0. The van der Waals surface area contributed by atoms with Crippen molar-refractivity contribution in [2.24, 2.45) is 0 Å². The number of carboxylic acids is 1. The number of carboxylic acid groups (broad SMARTS) is 1. The topological polar surface area (TPSA) is 138 Å². The Morgan fingerprint density at radius 3 is 2.68 bits per heavy atom. The molecule has 1 aliphatic heterocycles. The summed E-state index contributed by atoms with van der Waals surface area (Å²) in [5.74, 6) is 0.718. The van der Waals surface area contributed by atoms with Crippen molar-refractivity contribution < 1.29 is 19.7 Å². The molecule has 0 radical (unpaired) electrons. The summed E-state index contributed by atoms with van der Waals surface area (Å²) in [6.07, 6.45) is 9.76. The minimum atomic E-state index is -1.03. The standard InChI is InChI=1S/C27H33N7O4/c1-3-19-23-22(26(36)37)29-14-33(23)20-13-28-27(32-24(20)34(19)17-6-4-5-7-17)31-18-11-8-15(12-21(18)38-2)25(35)30-16-9-10-16/h8,11-14,16-17,19,25,30,35H,3-7,9-10H2,1-2H3,(H,36,37)(H,28,31,32)/t19-,25?/m1/s1. The fraction of sp³-hybridized carbons (Fsp3) is 0.481. The van der Waals surface area contributed by atoms with Crippen LogP contribution in [0.1, 0.15) is 85.9 Å². The van der Waals surface area contributed by atoms with Crippen LogP contribution in [-0.2, 0) is 0 Å². The Morgan fingerprint density at radius 1 is 1.21 bits per heavy atom.